The minimum absolute atomic E-state index is 0.00506. The Balaban J connectivity index is 1.64. The molecule has 3 rings (SSSR count). The Labute approximate surface area is 154 Å². The first-order chi connectivity index (χ1) is 12.5. The summed E-state index contributed by atoms with van der Waals surface area (Å²) in [5.74, 6) is 1.72. The molecule has 2 unspecified atom stereocenters. The average molecular weight is 361 g/mol. The Kier molecular flexibility index (Phi) is 5.54. The number of nitrogens with one attached hydrogen (secondary N) is 1. The third-order valence-corrected chi connectivity index (χ3v) is 5.08. The van der Waals surface area contributed by atoms with E-state index in [9.17, 15) is 9.59 Å². The fraction of sp³-hybridized carbons (Fsp3) is 0.579. The van der Waals surface area contributed by atoms with Gasteiger partial charge < -0.3 is 24.6 Å². The van der Waals surface area contributed by atoms with E-state index in [1.54, 1.807) is 31.3 Å². The van der Waals surface area contributed by atoms with Crippen LogP contribution >= 0.6 is 0 Å². The highest BCUT2D eigenvalue weighted by Crippen LogP contribution is 2.33. The number of hydrogen-bond donors (Lipinski definition) is 1. The molecule has 142 valence electrons. The van der Waals surface area contributed by atoms with Crippen molar-refractivity contribution < 1.29 is 19.1 Å². The molecule has 2 saturated heterocycles. The Morgan fingerprint density at radius 1 is 1.19 bits per heavy atom. The third-order valence-electron chi connectivity index (χ3n) is 5.08. The number of nitrogens with zero attached hydrogens (tertiary/aromatic N) is 2. The van der Waals surface area contributed by atoms with Gasteiger partial charge in [-0.3, -0.25) is 4.79 Å². The zero-order valence-electron chi connectivity index (χ0n) is 15.7. The van der Waals surface area contributed by atoms with Crippen molar-refractivity contribution in [3.63, 3.8) is 0 Å². The number of carbonyl (C=O) groups excluding carboxylic acids is 2. The van der Waals surface area contributed by atoms with Crippen LogP contribution in [0.15, 0.2) is 18.2 Å². The average Bonchev–Trinajstić information content (AvgIpc) is 3.01. The maximum Gasteiger partial charge on any atom is 0.317 e. The van der Waals surface area contributed by atoms with E-state index in [0.717, 1.165) is 25.2 Å². The molecule has 0 spiro atoms. The van der Waals surface area contributed by atoms with E-state index in [4.69, 9.17) is 9.47 Å². The third kappa shape index (κ3) is 3.86. The van der Waals surface area contributed by atoms with Crippen molar-refractivity contribution in [2.75, 3.05) is 38.8 Å². The molecule has 0 aromatic heterocycles. The molecule has 2 aliphatic rings. The fourth-order valence-electron chi connectivity index (χ4n) is 3.69. The predicted octanol–water partition coefficient (Wildman–Crippen LogP) is 2.25. The summed E-state index contributed by atoms with van der Waals surface area (Å²) in [5.41, 5.74) is 0.746. The van der Waals surface area contributed by atoms with Gasteiger partial charge in [-0.25, -0.2) is 4.79 Å². The van der Waals surface area contributed by atoms with Crippen LogP contribution in [0.4, 0.5) is 10.5 Å². The molecule has 7 heteroatoms. The second-order valence-corrected chi connectivity index (χ2v) is 7.09. The van der Waals surface area contributed by atoms with Gasteiger partial charge in [0.1, 0.15) is 0 Å². The first-order valence-electron chi connectivity index (χ1n) is 9.09. The van der Waals surface area contributed by atoms with Gasteiger partial charge >= 0.3 is 6.03 Å². The molecular formula is C19H27N3O4. The van der Waals surface area contributed by atoms with E-state index < -0.39 is 0 Å². The van der Waals surface area contributed by atoms with E-state index in [1.807, 2.05) is 11.0 Å². The maximum atomic E-state index is 12.5. The lowest BCUT2D eigenvalue weighted by atomic mass is 10.0. The van der Waals surface area contributed by atoms with Gasteiger partial charge in [-0.05, 0) is 30.9 Å². The molecule has 0 saturated carbocycles. The van der Waals surface area contributed by atoms with Gasteiger partial charge in [0.15, 0.2) is 11.5 Å². The largest absolute Gasteiger partial charge is 0.493 e. The number of urea groups is 1. The SMILES string of the molecule is COc1ccc(N2CC(NC(=O)N3CCCC(C)C3)CC2=O)cc1OC. The number of piperidine rings is 1. The molecule has 2 fully saturated rings. The van der Waals surface area contributed by atoms with Crippen LogP contribution in [0.2, 0.25) is 0 Å². The highest BCUT2D eigenvalue weighted by molar-refractivity contribution is 5.97. The van der Waals surface area contributed by atoms with E-state index in [2.05, 4.69) is 12.2 Å². The van der Waals surface area contributed by atoms with Gasteiger partial charge in [-0.1, -0.05) is 6.92 Å². The molecule has 26 heavy (non-hydrogen) atoms. The minimum Gasteiger partial charge on any atom is -0.493 e. The van der Waals surface area contributed by atoms with Crippen LogP contribution in [-0.2, 0) is 4.79 Å². The Bertz CT molecular complexity index is 679. The molecule has 0 aliphatic carbocycles. The fourth-order valence-corrected chi connectivity index (χ4v) is 3.69. The van der Waals surface area contributed by atoms with Gasteiger partial charge in [-0.15, -0.1) is 0 Å². The molecular weight excluding hydrogens is 334 g/mol. The second kappa shape index (κ2) is 7.85. The van der Waals surface area contributed by atoms with Crippen LogP contribution in [0, 0.1) is 5.92 Å². The van der Waals surface area contributed by atoms with Crippen molar-refractivity contribution in [1.29, 1.82) is 0 Å². The van der Waals surface area contributed by atoms with Crippen molar-refractivity contribution in [1.82, 2.24) is 10.2 Å². The smallest absolute Gasteiger partial charge is 0.317 e. The van der Waals surface area contributed by atoms with Crippen LogP contribution in [-0.4, -0.2) is 56.7 Å². The second-order valence-electron chi connectivity index (χ2n) is 7.09. The molecule has 0 radical (unpaired) electrons. The van der Waals surface area contributed by atoms with Crippen molar-refractivity contribution in [2.45, 2.75) is 32.2 Å². The number of hydrogen-bond acceptors (Lipinski definition) is 4. The first-order valence-corrected chi connectivity index (χ1v) is 9.09. The normalized spacial score (nSPS) is 23.1. The number of benzene rings is 1. The first kappa shape index (κ1) is 18.4. The van der Waals surface area contributed by atoms with Gasteiger partial charge in [0.25, 0.3) is 0 Å². The lowest BCUT2D eigenvalue weighted by Gasteiger charge is -2.31. The topological polar surface area (TPSA) is 71.1 Å². The molecule has 1 aromatic carbocycles. The summed E-state index contributed by atoms with van der Waals surface area (Å²) in [6.07, 6.45) is 2.51. The summed E-state index contributed by atoms with van der Waals surface area (Å²) in [6, 6.07) is 5.15. The summed E-state index contributed by atoms with van der Waals surface area (Å²) < 4.78 is 10.6. The molecule has 3 amide bonds. The van der Waals surface area contributed by atoms with Crippen LogP contribution in [0.25, 0.3) is 0 Å². The van der Waals surface area contributed by atoms with Gasteiger partial charge in [-0.2, -0.15) is 0 Å². The zero-order chi connectivity index (χ0) is 18.7. The number of methoxy groups -OCH3 is 2. The summed E-state index contributed by atoms with van der Waals surface area (Å²) in [4.78, 5) is 28.5. The van der Waals surface area contributed by atoms with E-state index in [1.165, 1.54) is 6.42 Å². The summed E-state index contributed by atoms with van der Waals surface area (Å²) in [5, 5.41) is 3.02. The number of amides is 3. The quantitative estimate of drug-likeness (QED) is 0.893. The number of anilines is 1. The molecule has 2 heterocycles. The molecule has 7 nitrogen and oxygen atoms in total. The highest BCUT2D eigenvalue weighted by atomic mass is 16.5. The van der Waals surface area contributed by atoms with Crippen LogP contribution < -0.4 is 19.7 Å². The van der Waals surface area contributed by atoms with Crippen LogP contribution in [0.3, 0.4) is 0 Å². The van der Waals surface area contributed by atoms with Crippen LogP contribution in [0.5, 0.6) is 11.5 Å². The highest BCUT2D eigenvalue weighted by Gasteiger charge is 2.33. The Morgan fingerprint density at radius 2 is 1.96 bits per heavy atom. The number of carbonyl (C=O) groups is 2. The van der Waals surface area contributed by atoms with Gasteiger partial charge in [0.2, 0.25) is 5.91 Å². The van der Waals surface area contributed by atoms with Crippen molar-refractivity contribution in [3.8, 4) is 11.5 Å². The number of rotatable bonds is 4. The molecule has 2 aliphatic heterocycles. The van der Waals surface area contributed by atoms with Crippen molar-refractivity contribution >= 4 is 17.6 Å². The maximum absolute atomic E-state index is 12.5. The number of likely N-dealkylation sites (tertiary alicyclic amines) is 1. The standard InChI is InChI=1S/C19H27N3O4/c1-13-5-4-8-21(11-13)19(24)20-14-9-18(23)22(12-14)15-6-7-16(25-2)17(10-15)26-3/h6-7,10,13-14H,4-5,8-9,11-12H2,1-3H3,(H,20,24). The summed E-state index contributed by atoms with van der Waals surface area (Å²) >= 11 is 0. The monoisotopic (exact) mass is 361 g/mol. The molecule has 1 N–H and O–H groups in total. The number of ether oxygens (including phenoxy) is 2. The van der Waals surface area contributed by atoms with Crippen molar-refractivity contribution in [2.24, 2.45) is 5.92 Å². The van der Waals surface area contributed by atoms with Gasteiger partial charge in [0, 0.05) is 37.8 Å². The van der Waals surface area contributed by atoms with E-state index >= 15 is 0 Å². The predicted molar refractivity (Wildman–Crippen MR) is 98.8 cm³/mol. The molecule has 2 atom stereocenters. The minimum atomic E-state index is -0.180. The summed E-state index contributed by atoms with van der Waals surface area (Å²) in [6.45, 7) is 4.20. The summed E-state index contributed by atoms with van der Waals surface area (Å²) in [7, 11) is 3.14. The van der Waals surface area contributed by atoms with Crippen LogP contribution in [0.1, 0.15) is 26.2 Å². The lowest BCUT2D eigenvalue weighted by molar-refractivity contribution is -0.117. The van der Waals surface area contributed by atoms with E-state index in [0.29, 0.717) is 30.4 Å². The molecule has 0 bridgehead atoms. The lowest BCUT2D eigenvalue weighted by Crippen LogP contribution is -2.49. The zero-order valence-corrected chi connectivity index (χ0v) is 15.7. The Hall–Kier alpha value is -2.44. The van der Waals surface area contributed by atoms with Crippen molar-refractivity contribution in [3.05, 3.63) is 18.2 Å². The Morgan fingerprint density at radius 3 is 2.65 bits per heavy atom. The van der Waals surface area contributed by atoms with E-state index in [-0.39, 0.29) is 18.0 Å². The molecule has 1 aromatic rings. The van der Waals surface area contributed by atoms with Gasteiger partial charge in [0.05, 0.1) is 20.3 Å².